The van der Waals surface area contributed by atoms with Gasteiger partial charge < -0.3 is 9.64 Å². The number of rotatable bonds is 1. The highest BCUT2D eigenvalue weighted by molar-refractivity contribution is 6.04. The molecule has 0 unspecified atom stereocenters. The Labute approximate surface area is 145 Å². The number of carbonyl (C=O) groups is 2. The molecule has 0 aliphatic carbocycles. The second-order valence-corrected chi connectivity index (χ2v) is 6.09. The maximum absolute atomic E-state index is 13.2. The van der Waals surface area contributed by atoms with Gasteiger partial charge in [0.1, 0.15) is 0 Å². The first-order valence-corrected chi connectivity index (χ1v) is 8.24. The van der Waals surface area contributed by atoms with Crippen LogP contribution in [0.1, 0.15) is 21.6 Å². The molecule has 2 aromatic carbocycles. The third kappa shape index (κ3) is 2.48. The van der Waals surface area contributed by atoms with Crippen LogP contribution in [0.5, 0.6) is 0 Å². The Hall–Kier alpha value is -3.08. The first-order valence-electron chi connectivity index (χ1n) is 8.24. The molecule has 0 bridgehead atoms. The van der Waals surface area contributed by atoms with Gasteiger partial charge in [0.25, 0.3) is 5.91 Å². The lowest BCUT2D eigenvalue weighted by Crippen LogP contribution is -2.37. The van der Waals surface area contributed by atoms with Gasteiger partial charge in [-0.15, -0.1) is 0 Å². The minimum atomic E-state index is -0.366. The Morgan fingerprint density at radius 1 is 1.00 bits per heavy atom. The molecular formula is C20H18N2O3. The van der Waals surface area contributed by atoms with Crippen molar-refractivity contribution >= 4 is 22.9 Å². The summed E-state index contributed by atoms with van der Waals surface area (Å²) in [6, 6.07) is 17.1. The molecule has 0 radical (unpaired) electrons. The predicted molar refractivity (Wildman–Crippen MR) is 94.6 cm³/mol. The summed E-state index contributed by atoms with van der Waals surface area (Å²) in [5.41, 5.74) is 3.51. The van der Waals surface area contributed by atoms with Crippen LogP contribution in [0.4, 0.5) is 4.79 Å². The molecule has 2 heterocycles. The zero-order valence-corrected chi connectivity index (χ0v) is 13.9. The van der Waals surface area contributed by atoms with E-state index < -0.39 is 0 Å². The van der Waals surface area contributed by atoms with E-state index in [1.165, 1.54) is 7.11 Å². The quantitative estimate of drug-likeness (QED) is 0.685. The van der Waals surface area contributed by atoms with Crippen molar-refractivity contribution in [2.45, 2.75) is 13.0 Å². The number of ether oxygens (including phenoxy) is 1. The third-order valence-corrected chi connectivity index (χ3v) is 4.72. The molecule has 0 fully saturated rings. The molecule has 5 heteroatoms. The monoisotopic (exact) mass is 334 g/mol. The van der Waals surface area contributed by atoms with Crippen LogP contribution in [0, 0.1) is 0 Å². The fourth-order valence-electron chi connectivity index (χ4n) is 3.54. The van der Waals surface area contributed by atoms with Crippen LogP contribution in [0.3, 0.4) is 0 Å². The van der Waals surface area contributed by atoms with Crippen LogP contribution in [0.15, 0.2) is 54.6 Å². The number of amides is 1. The Kier molecular flexibility index (Phi) is 3.76. The minimum Gasteiger partial charge on any atom is -0.453 e. The van der Waals surface area contributed by atoms with Crippen molar-refractivity contribution in [3.8, 4) is 0 Å². The van der Waals surface area contributed by atoms with E-state index in [0.717, 1.165) is 22.2 Å². The van der Waals surface area contributed by atoms with Crippen LogP contribution < -0.4 is 0 Å². The fourth-order valence-corrected chi connectivity index (χ4v) is 3.54. The highest BCUT2D eigenvalue weighted by Crippen LogP contribution is 2.31. The molecular weight excluding hydrogens is 316 g/mol. The Morgan fingerprint density at radius 3 is 2.48 bits per heavy atom. The second-order valence-electron chi connectivity index (χ2n) is 6.09. The molecule has 1 aromatic heterocycles. The summed E-state index contributed by atoms with van der Waals surface area (Å²) in [7, 11) is 1.38. The summed E-state index contributed by atoms with van der Waals surface area (Å²) in [4.78, 5) is 26.8. The van der Waals surface area contributed by atoms with E-state index in [-0.39, 0.29) is 12.0 Å². The van der Waals surface area contributed by atoms with Gasteiger partial charge in [-0.05, 0) is 30.2 Å². The van der Waals surface area contributed by atoms with Gasteiger partial charge in [0.2, 0.25) is 0 Å². The van der Waals surface area contributed by atoms with Crippen LogP contribution in [0.25, 0.3) is 10.9 Å². The molecule has 126 valence electrons. The number of para-hydroxylation sites is 1. The maximum atomic E-state index is 13.2. The van der Waals surface area contributed by atoms with E-state index >= 15 is 0 Å². The van der Waals surface area contributed by atoms with Crippen molar-refractivity contribution < 1.29 is 14.3 Å². The normalized spacial score (nSPS) is 13.6. The molecule has 0 spiro atoms. The number of hydrogen-bond donors (Lipinski definition) is 0. The van der Waals surface area contributed by atoms with Crippen LogP contribution in [-0.4, -0.2) is 35.1 Å². The summed E-state index contributed by atoms with van der Waals surface area (Å²) >= 11 is 0. The Balaban J connectivity index is 1.89. The lowest BCUT2D eigenvalue weighted by molar-refractivity contribution is 0.0947. The van der Waals surface area contributed by atoms with E-state index in [9.17, 15) is 9.59 Å². The average molecular weight is 334 g/mol. The Morgan fingerprint density at radius 2 is 1.72 bits per heavy atom. The smallest absolute Gasteiger partial charge is 0.409 e. The molecule has 0 saturated heterocycles. The van der Waals surface area contributed by atoms with Crippen molar-refractivity contribution in [1.29, 1.82) is 0 Å². The number of hydrogen-bond acceptors (Lipinski definition) is 3. The summed E-state index contributed by atoms with van der Waals surface area (Å²) in [6.07, 6.45) is 0.342. The second kappa shape index (κ2) is 6.09. The van der Waals surface area contributed by atoms with Gasteiger partial charge in [-0.25, -0.2) is 4.79 Å². The number of methoxy groups -OCH3 is 1. The summed E-state index contributed by atoms with van der Waals surface area (Å²) in [6.45, 7) is 0.961. The van der Waals surface area contributed by atoms with Crippen LogP contribution >= 0.6 is 0 Å². The SMILES string of the molecule is COC(=O)N1CCc2c(n(C(=O)c3ccccc3)c3ccccc23)C1. The van der Waals surface area contributed by atoms with E-state index in [2.05, 4.69) is 0 Å². The predicted octanol–water partition coefficient (Wildman–Crippen LogP) is 3.45. The highest BCUT2D eigenvalue weighted by Gasteiger charge is 2.29. The number of aromatic nitrogens is 1. The molecule has 25 heavy (non-hydrogen) atoms. The van der Waals surface area contributed by atoms with Gasteiger partial charge in [0.15, 0.2) is 0 Å². The number of benzene rings is 2. The van der Waals surface area contributed by atoms with Gasteiger partial charge in [0, 0.05) is 23.2 Å². The molecule has 1 amide bonds. The zero-order chi connectivity index (χ0) is 17.4. The van der Waals surface area contributed by atoms with E-state index in [1.54, 1.807) is 9.47 Å². The van der Waals surface area contributed by atoms with Crippen LogP contribution in [-0.2, 0) is 17.7 Å². The van der Waals surface area contributed by atoms with E-state index in [4.69, 9.17) is 4.74 Å². The van der Waals surface area contributed by atoms with E-state index in [0.29, 0.717) is 25.1 Å². The van der Waals surface area contributed by atoms with Gasteiger partial charge in [0.05, 0.1) is 19.2 Å². The Bertz CT molecular complexity index is 960. The number of fused-ring (bicyclic) bond motifs is 3. The number of nitrogens with zero attached hydrogens (tertiary/aromatic N) is 2. The maximum Gasteiger partial charge on any atom is 0.409 e. The first-order chi connectivity index (χ1) is 12.2. The molecule has 1 aliphatic rings. The van der Waals surface area contributed by atoms with Gasteiger partial charge in [-0.1, -0.05) is 36.4 Å². The molecule has 0 saturated carbocycles. The van der Waals surface area contributed by atoms with Crippen molar-refractivity contribution in [3.63, 3.8) is 0 Å². The zero-order valence-electron chi connectivity index (χ0n) is 13.9. The summed E-state index contributed by atoms with van der Waals surface area (Å²) in [5.74, 6) is -0.0789. The average Bonchev–Trinajstić information content (AvgIpc) is 3.01. The first kappa shape index (κ1) is 15.4. The number of carbonyl (C=O) groups excluding carboxylic acids is 2. The molecule has 0 atom stereocenters. The lowest BCUT2D eigenvalue weighted by Gasteiger charge is -2.27. The minimum absolute atomic E-state index is 0.0789. The summed E-state index contributed by atoms with van der Waals surface area (Å²) in [5, 5.41) is 1.08. The van der Waals surface area contributed by atoms with Gasteiger partial charge in [-0.3, -0.25) is 9.36 Å². The topological polar surface area (TPSA) is 51.5 Å². The van der Waals surface area contributed by atoms with Gasteiger partial charge in [-0.2, -0.15) is 0 Å². The van der Waals surface area contributed by atoms with Crippen molar-refractivity contribution in [2.75, 3.05) is 13.7 Å². The molecule has 1 aliphatic heterocycles. The van der Waals surface area contributed by atoms with Crippen molar-refractivity contribution in [2.24, 2.45) is 0 Å². The van der Waals surface area contributed by atoms with Crippen LogP contribution in [0.2, 0.25) is 0 Å². The highest BCUT2D eigenvalue weighted by atomic mass is 16.5. The fraction of sp³-hybridized carbons (Fsp3) is 0.200. The third-order valence-electron chi connectivity index (χ3n) is 4.72. The molecule has 0 N–H and O–H groups in total. The van der Waals surface area contributed by atoms with E-state index in [1.807, 2.05) is 54.6 Å². The largest absolute Gasteiger partial charge is 0.453 e. The lowest BCUT2D eigenvalue weighted by atomic mass is 10.0. The standard InChI is InChI=1S/C20H18N2O3/c1-25-20(24)21-12-11-16-15-9-5-6-10-17(15)22(18(16)13-21)19(23)14-7-3-2-4-8-14/h2-10H,11-13H2,1H3. The van der Waals surface area contributed by atoms with Crippen molar-refractivity contribution in [1.82, 2.24) is 9.47 Å². The van der Waals surface area contributed by atoms with Crippen molar-refractivity contribution in [3.05, 3.63) is 71.4 Å². The molecule has 3 aromatic rings. The summed E-state index contributed by atoms with van der Waals surface area (Å²) < 4.78 is 6.60. The van der Waals surface area contributed by atoms with Gasteiger partial charge >= 0.3 is 6.09 Å². The molecule has 5 nitrogen and oxygen atoms in total. The molecule has 4 rings (SSSR count).